The van der Waals surface area contributed by atoms with Crippen LogP contribution >= 0.6 is 11.6 Å². The maximum absolute atomic E-state index is 12.9. The molecule has 8 heteroatoms. The Kier molecular flexibility index (Phi) is 8.37. The van der Waals surface area contributed by atoms with E-state index in [0.717, 1.165) is 12.8 Å². The fourth-order valence-corrected chi connectivity index (χ4v) is 4.38. The molecule has 0 aliphatic heterocycles. The van der Waals surface area contributed by atoms with Crippen molar-refractivity contribution in [2.45, 2.75) is 31.6 Å². The number of sulfonamides is 1. The van der Waals surface area contributed by atoms with E-state index < -0.39 is 22.6 Å². The van der Waals surface area contributed by atoms with E-state index in [9.17, 15) is 18.0 Å². The van der Waals surface area contributed by atoms with E-state index in [-0.39, 0.29) is 21.3 Å². The first-order chi connectivity index (χ1) is 13.8. The standard InChI is InChI=1S/C21H24ClNO5S/c1-3-5-13-23(4-2)29(26,27)17-11-12-19(22)18(14-17)21(25)28-15-20(24)16-9-7-6-8-10-16/h6-12,14H,3-5,13,15H2,1-2H3. The number of ether oxygens (including phenoxy) is 1. The average molecular weight is 438 g/mol. The molecule has 0 saturated carbocycles. The van der Waals surface area contributed by atoms with Crippen molar-refractivity contribution in [2.75, 3.05) is 19.7 Å². The molecule has 0 amide bonds. The summed E-state index contributed by atoms with van der Waals surface area (Å²) in [4.78, 5) is 24.5. The molecule has 0 N–H and O–H groups in total. The molecule has 0 aromatic heterocycles. The Morgan fingerprint density at radius 1 is 1.07 bits per heavy atom. The Morgan fingerprint density at radius 3 is 2.38 bits per heavy atom. The van der Waals surface area contributed by atoms with Crippen molar-refractivity contribution in [3.63, 3.8) is 0 Å². The molecule has 2 aromatic carbocycles. The Labute approximate surface area is 176 Å². The summed E-state index contributed by atoms with van der Waals surface area (Å²) in [5, 5.41) is 0.0534. The SMILES string of the molecule is CCCCN(CC)S(=O)(=O)c1ccc(Cl)c(C(=O)OCC(=O)c2ccccc2)c1. The first kappa shape index (κ1) is 23.1. The van der Waals surface area contributed by atoms with Crippen molar-refractivity contribution >= 4 is 33.4 Å². The molecule has 0 heterocycles. The van der Waals surface area contributed by atoms with Gasteiger partial charge in [-0.05, 0) is 24.6 Å². The second-order valence-electron chi connectivity index (χ2n) is 6.36. The molecule has 0 atom stereocenters. The van der Waals surface area contributed by atoms with E-state index in [1.54, 1.807) is 37.3 Å². The number of benzene rings is 2. The van der Waals surface area contributed by atoms with Gasteiger partial charge in [-0.15, -0.1) is 0 Å². The van der Waals surface area contributed by atoms with Gasteiger partial charge in [0.1, 0.15) is 0 Å². The van der Waals surface area contributed by atoms with Gasteiger partial charge in [-0.25, -0.2) is 13.2 Å². The summed E-state index contributed by atoms with van der Waals surface area (Å²) in [5.74, 6) is -1.22. The van der Waals surface area contributed by atoms with Crippen molar-refractivity contribution < 1.29 is 22.7 Å². The molecule has 156 valence electrons. The van der Waals surface area contributed by atoms with Gasteiger partial charge in [0, 0.05) is 18.7 Å². The van der Waals surface area contributed by atoms with Crippen LogP contribution in [0, 0.1) is 0 Å². The van der Waals surface area contributed by atoms with E-state index in [1.165, 1.54) is 22.5 Å². The van der Waals surface area contributed by atoms with Crippen LogP contribution in [-0.2, 0) is 14.8 Å². The minimum Gasteiger partial charge on any atom is -0.454 e. The van der Waals surface area contributed by atoms with Gasteiger partial charge in [0.25, 0.3) is 0 Å². The molecular formula is C21H24ClNO5S. The third kappa shape index (κ3) is 5.88. The molecule has 0 radical (unpaired) electrons. The van der Waals surface area contributed by atoms with Gasteiger partial charge in [0.05, 0.1) is 15.5 Å². The molecule has 0 fully saturated rings. The zero-order chi connectivity index (χ0) is 21.4. The van der Waals surface area contributed by atoms with Gasteiger partial charge < -0.3 is 4.74 Å². The molecule has 0 saturated heterocycles. The number of rotatable bonds is 10. The zero-order valence-corrected chi connectivity index (χ0v) is 18.0. The van der Waals surface area contributed by atoms with Gasteiger partial charge in [-0.2, -0.15) is 4.31 Å². The Balaban J connectivity index is 2.19. The third-order valence-corrected chi connectivity index (χ3v) is 6.64. The van der Waals surface area contributed by atoms with Crippen LogP contribution in [0.4, 0.5) is 0 Å². The molecule has 2 rings (SSSR count). The number of Topliss-reactive ketones (excluding diaryl/α,β-unsaturated/α-hetero) is 1. The lowest BCUT2D eigenvalue weighted by Crippen LogP contribution is -2.32. The number of carbonyl (C=O) groups is 2. The Morgan fingerprint density at radius 2 is 1.76 bits per heavy atom. The van der Waals surface area contributed by atoms with Crippen molar-refractivity contribution in [1.82, 2.24) is 4.31 Å². The first-order valence-electron chi connectivity index (χ1n) is 9.36. The van der Waals surface area contributed by atoms with Gasteiger partial charge in [0.15, 0.2) is 12.4 Å². The maximum Gasteiger partial charge on any atom is 0.340 e. The van der Waals surface area contributed by atoms with Crippen molar-refractivity contribution in [2.24, 2.45) is 0 Å². The summed E-state index contributed by atoms with van der Waals surface area (Å²) in [6.45, 7) is 3.98. The van der Waals surface area contributed by atoms with Gasteiger partial charge in [0.2, 0.25) is 10.0 Å². The van der Waals surface area contributed by atoms with Crippen molar-refractivity contribution in [3.8, 4) is 0 Å². The molecular weight excluding hydrogens is 414 g/mol. The number of esters is 1. The van der Waals surface area contributed by atoms with Crippen molar-refractivity contribution in [3.05, 3.63) is 64.7 Å². The number of unbranched alkanes of at least 4 members (excludes halogenated alkanes) is 1. The number of hydrogen-bond donors (Lipinski definition) is 0. The molecule has 0 aliphatic carbocycles. The normalized spacial score (nSPS) is 11.4. The predicted octanol–water partition coefficient (Wildman–Crippen LogP) is 4.19. The number of nitrogens with zero attached hydrogens (tertiary/aromatic N) is 1. The van der Waals surface area contributed by atoms with Crippen LogP contribution < -0.4 is 0 Å². The molecule has 0 bridgehead atoms. The molecule has 29 heavy (non-hydrogen) atoms. The van der Waals surface area contributed by atoms with Crippen LogP contribution in [0.25, 0.3) is 0 Å². The summed E-state index contributed by atoms with van der Waals surface area (Å²) < 4.78 is 32.2. The zero-order valence-electron chi connectivity index (χ0n) is 16.4. The van der Waals surface area contributed by atoms with Crippen LogP contribution in [0.1, 0.15) is 47.4 Å². The smallest absolute Gasteiger partial charge is 0.340 e. The molecule has 6 nitrogen and oxygen atoms in total. The second-order valence-corrected chi connectivity index (χ2v) is 8.70. The number of halogens is 1. The van der Waals surface area contributed by atoms with Gasteiger partial charge in [-0.3, -0.25) is 4.79 Å². The fourth-order valence-electron chi connectivity index (χ4n) is 2.67. The van der Waals surface area contributed by atoms with Gasteiger partial charge >= 0.3 is 5.97 Å². The van der Waals surface area contributed by atoms with Crippen LogP contribution in [-0.4, -0.2) is 44.2 Å². The van der Waals surface area contributed by atoms with E-state index in [2.05, 4.69) is 0 Å². The Hall–Kier alpha value is -2.22. The number of carbonyl (C=O) groups excluding carboxylic acids is 2. The molecule has 0 spiro atoms. The molecule has 0 unspecified atom stereocenters. The van der Waals surface area contributed by atoms with Crippen LogP contribution in [0.15, 0.2) is 53.4 Å². The quantitative estimate of drug-likeness (QED) is 0.411. The van der Waals surface area contributed by atoms with Crippen LogP contribution in [0.3, 0.4) is 0 Å². The predicted molar refractivity (Wildman–Crippen MR) is 112 cm³/mol. The monoisotopic (exact) mass is 437 g/mol. The maximum atomic E-state index is 12.9. The molecule has 2 aromatic rings. The first-order valence-corrected chi connectivity index (χ1v) is 11.2. The highest BCUT2D eigenvalue weighted by atomic mass is 35.5. The lowest BCUT2D eigenvalue weighted by atomic mass is 10.1. The summed E-state index contributed by atoms with van der Waals surface area (Å²) in [6.07, 6.45) is 1.59. The third-order valence-electron chi connectivity index (χ3n) is 4.34. The molecule has 0 aliphatic rings. The largest absolute Gasteiger partial charge is 0.454 e. The van der Waals surface area contributed by atoms with E-state index in [0.29, 0.717) is 18.7 Å². The highest BCUT2D eigenvalue weighted by Gasteiger charge is 2.25. The van der Waals surface area contributed by atoms with Crippen LogP contribution in [0.5, 0.6) is 0 Å². The second kappa shape index (κ2) is 10.5. The number of hydrogen-bond acceptors (Lipinski definition) is 5. The number of ketones is 1. The minimum atomic E-state index is -3.77. The lowest BCUT2D eigenvalue weighted by Gasteiger charge is -2.20. The Bertz CT molecular complexity index is 960. The van der Waals surface area contributed by atoms with Gasteiger partial charge in [-0.1, -0.05) is 62.2 Å². The lowest BCUT2D eigenvalue weighted by molar-refractivity contribution is 0.0474. The fraction of sp³-hybridized carbons (Fsp3) is 0.333. The summed E-state index contributed by atoms with van der Waals surface area (Å²) in [6, 6.07) is 12.3. The van der Waals surface area contributed by atoms with Crippen LogP contribution in [0.2, 0.25) is 5.02 Å². The summed E-state index contributed by atoms with van der Waals surface area (Å²) in [5.41, 5.74) is 0.317. The summed E-state index contributed by atoms with van der Waals surface area (Å²) >= 11 is 6.08. The van der Waals surface area contributed by atoms with E-state index in [1.807, 2.05) is 6.92 Å². The topological polar surface area (TPSA) is 80.8 Å². The average Bonchev–Trinajstić information content (AvgIpc) is 2.73. The highest BCUT2D eigenvalue weighted by molar-refractivity contribution is 7.89. The van der Waals surface area contributed by atoms with E-state index in [4.69, 9.17) is 16.3 Å². The highest BCUT2D eigenvalue weighted by Crippen LogP contribution is 2.24. The summed E-state index contributed by atoms with van der Waals surface area (Å²) in [7, 11) is -3.77. The van der Waals surface area contributed by atoms with E-state index >= 15 is 0 Å². The minimum absolute atomic E-state index is 0.0406. The van der Waals surface area contributed by atoms with Crippen molar-refractivity contribution in [1.29, 1.82) is 0 Å².